The summed E-state index contributed by atoms with van der Waals surface area (Å²) in [6.07, 6.45) is 1.43. The Morgan fingerprint density at radius 3 is 3.00 bits per heavy atom. The highest BCUT2D eigenvalue weighted by atomic mass is 16.8. The Morgan fingerprint density at radius 2 is 2.56 bits per heavy atom. The van der Waals surface area contributed by atoms with Crippen molar-refractivity contribution in [2.45, 2.75) is 25.9 Å². The van der Waals surface area contributed by atoms with Gasteiger partial charge in [-0.25, -0.2) is 4.79 Å². The van der Waals surface area contributed by atoms with Crippen molar-refractivity contribution in [3.63, 3.8) is 0 Å². The van der Waals surface area contributed by atoms with Crippen LogP contribution in [-0.4, -0.2) is 18.9 Å². The maximum atomic E-state index is 10.3. The first-order valence-electron chi connectivity index (χ1n) is 3.16. The van der Waals surface area contributed by atoms with Gasteiger partial charge in [0.15, 0.2) is 0 Å². The monoisotopic (exact) mass is 130 g/mol. The van der Waals surface area contributed by atoms with Crippen LogP contribution in [0.1, 0.15) is 19.8 Å². The summed E-state index contributed by atoms with van der Waals surface area (Å²) in [5.74, 6) is 0. The molecule has 1 aliphatic heterocycles. The molecule has 0 aliphatic carbocycles. The molecule has 0 aromatic rings. The summed E-state index contributed by atoms with van der Waals surface area (Å²) in [6, 6.07) is 0. The van der Waals surface area contributed by atoms with Gasteiger partial charge in [0.05, 0.1) is 0 Å². The molecule has 1 atom stereocenters. The van der Waals surface area contributed by atoms with Gasteiger partial charge >= 0.3 is 6.16 Å². The van der Waals surface area contributed by atoms with E-state index in [1.165, 1.54) is 0 Å². The lowest BCUT2D eigenvalue weighted by Gasteiger charge is -2.00. The van der Waals surface area contributed by atoms with Crippen LogP contribution in [0.25, 0.3) is 0 Å². The summed E-state index contributed by atoms with van der Waals surface area (Å²) < 4.78 is 9.30. The van der Waals surface area contributed by atoms with Gasteiger partial charge in [-0.2, -0.15) is 0 Å². The van der Waals surface area contributed by atoms with Crippen molar-refractivity contribution in [2.24, 2.45) is 0 Å². The van der Waals surface area contributed by atoms with Crippen molar-refractivity contribution in [3.05, 3.63) is 0 Å². The van der Waals surface area contributed by atoms with Gasteiger partial charge in [-0.15, -0.1) is 0 Å². The molecule has 52 valence electrons. The summed E-state index contributed by atoms with van der Waals surface area (Å²) in [6.45, 7) is 2.48. The van der Waals surface area contributed by atoms with E-state index in [-0.39, 0.29) is 6.10 Å². The smallest absolute Gasteiger partial charge is 0.430 e. The molecule has 1 heterocycles. The Bertz CT molecular complexity index is 111. The van der Waals surface area contributed by atoms with Crippen LogP contribution in [0.2, 0.25) is 0 Å². The third kappa shape index (κ3) is 1.59. The Labute approximate surface area is 53.9 Å². The maximum Gasteiger partial charge on any atom is 0.508 e. The summed E-state index contributed by atoms with van der Waals surface area (Å²) in [7, 11) is 0. The Hall–Kier alpha value is -0.730. The molecule has 0 N–H and O–H groups in total. The Balaban J connectivity index is 2.22. The highest BCUT2D eigenvalue weighted by Crippen LogP contribution is 2.10. The highest BCUT2D eigenvalue weighted by molar-refractivity contribution is 5.61. The van der Waals surface area contributed by atoms with Crippen molar-refractivity contribution < 1.29 is 14.3 Å². The molecule has 0 aromatic heterocycles. The van der Waals surface area contributed by atoms with Crippen molar-refractivity contribution in [2.75, 3.05) is 6.61 Å². The van der Waals surface area contributed by atoms with Crippen LogP contribution in [0.5, 0.6) is 0 Å². The van der Waals surface area contributed by atoms with Crippen molar-refractivity contribution >= 4 is 6.16 Å². The quantitative estimate of drug-likeness (QED) is 0.529. The van der Waals surface area contributed by atoms with Gasteiger partial charge in [0.25, 0.3) is 0 Å². The van der Waals surface area contributed by atoms with E-state index in [2.05, 4.69) is 4.74 Å². The minimum Gasteiger partial charge on any atom is -0.430 e. The molecule has 0 unspecified atom stereocenters. The number of rotatable bonds is 2. The van der Waals surface area contributed by atoms with Gasteiger partial charge in [-0.05, 0) is 6.42 Å². The van der Waals surface area contributed by atoms with Crippen molar-refractivity contribution in [1.82, 2.24) is 0 Å². The minimum absolute atomic E-state index is 0.0162. The fourth-order valence-corrected chi connectivity index (χ4v) is 0.829. The van der Waals surface area contributed by atoms with E-state index in [0.29, 0.717) is 6.61 Å². The number of hydrogen-bond acceptors (Lipinski definition) is 3. The zero-order chi connectivity index (χ0) is 6.69. The fourth-order valence-electron chi connectivity index (χ4n) is 0.829. The Morgan fingerprint density at radius 1 is 1.78 bits per heavy atom. The average molecular weight is 130 g/mol. The molecule has 9 heavy (non-hydrogen) atoms. The molecule has 0 aromatic carbocycles. The highest BCUT2D eigenvalue weighted by Gasteiger charge is 2.23. The van der Waals surface area contributed by atoms with Crippen LogP contribution in [0.4, 0.5) is 4.79 Å². The topological polar surface area (TPSA) is 35.5 Å². The maximum absolute atomic E-state index is 10.3. The van der Waals surface area contributed by atoms with Crippen LogP contribution in [0.3, 0.4) is 0 Å². The molecule has 0 bridgehead atoms. The number of ether oxygens (including phenoxy) is 2. The van der Waals surface area contributed by atoms with Crippen LogP contribution in [0, 0.1) is 0 Å². The van der Waals surface area contributed by atoms with Crippen LogP contribution in [-0.2, 0) is 9.47 Å². The van der Waals surface area contributed by atoms with E-state index in [9.17, 15) is 4.79 Å². The second-order valence-corrected chi connectivity index (χ2v) is 2.09. The van der Waals surface area contributed by atoms with Gasteiger partial charge in [0.1, 0.15) is 12.7 Å². The summed E-state index contributed by atoms with van der Waals surface area (Å²) in [5, 5.41) is 0. The molecule has 0 radical (unpaired) electrons. The molecular formula is C6H10O3. The van der Waals surface area contributed by atoms with Crippen LogP contribution < -0.4 is 0 Å². The zero-order valence-corrected chi connectivity index (χ0v) is 5.42. The molecule has 1 aliphatic rings. The summed E-state index contributed by atoms with van der Waals surface area (Å²) >= 11 is 0. The van der Waals surface area contributed by atoms with E-state index >= 15 is 0 Å². The number of hydrogen-bond donors (Lipinski definition) is 0. The molecule has 0 amide bonds. The number of carbonyl (C=O) groups is 1. The third-order valence-electron chi connectivity index (χ3n) is 1.26. The first kappa shape index (κ1) is 6.39. The summed E-state index contributed by atoms with van der Waals surface area (Å²) in [4.78, 5) is 10.3. The molecule has 1 saturated heterocycles. The van der Waals surface area contributed by atoms with Gasteiger partial charge in [0.2, 0.25) is 0 Å². The SMILES string of the molecule is CCC[C@H]1COC(=O)O1. The standard InChI is InChI=1S/C6H10O3/c1-2-3-5-4-8-6(7)9-5/h5H,2-4H2,1H3/t5-/m0/s1. The van der Waals surface area contributed by atoms with E-state index in [4.69, 9.17) is 4.74 Å². The van der Waals surface area contributed by atoms with Gasteiger partial charge in [-0.3, -0.25) is 0 Å². The lowest BCUT2D eigenvalue weighted by atomic mass is 10.2. The second kappa shape index (κ2) is 2.71. The van der Waals surface area contributed by atoms with Crippen LogP contribution >= 0.6 is 0 Å². The Kier molecular flexibility index (Phi) is 1.92. The van der Waals surface area contributed by atoms with Crippen molar-refractivity contribution in [3.8, 4) is 0 Å². The number of cyclic esters (lactones) is 2. The van der Waals surface area contributed by atoms with Gasteiger partial charge < -0.3 is 9.47 Å². The molecule has 3 heteroatoms. The predicted molar refractivity (Wildman–Crippen MR) is 31.1 cm³/mol. The minimum atomic E-state index is -0.520. The molecular weight excluding hydrogens is 120 g/mol. The molecule has 0 saturated carbocycles. The van der Waals surface area contributed by atoms with Gasteiger partial charge in [0, 0.05) is 0 Å². The number of carbonyl (C=O) groups excluding carboxylic acids is 1. The molecule has 0 spiro atoms. The fraction of sp³-hybridized carbons (Fsp3) is 0.833. The lowest BCUT2D eigenvalue weighted by Crippen LogP contribution is -2.08. The first-order chi connectivity index (χ1) is 4.33. The molecule has 1 fully saturated rings. The average Bonchev–Trinajstić information content (AvgIpc) is 2.17. The molecule has 1 rings (SSSR count). The molecule has 3 nitrogen and oxygen atoms in total. The van der Waals surface area contributed by atoms with E-state index in [1.807, 2.05) is 6.92 Å². The van der Waals surface area contributed by atoms with Crippen LogP contribution in [0.15, 0.2) is 0 Å². The lowest BCUT2D eigenvalue weighted by molar-refractivity contribution is 0.116. The van der Waals surface area contributed by atoms with E-state index < -0.39 is 6.16 Å². The first-order valence-corrected chi connectivity index (χ1v) is 3.16. The van der Waals surface area contributed by atoms with Crippen molar-refractivity contribution in [1.29, 1.82) is 0 Å². The predicted octanol–water partition coefficient (Wildman–Crippen LogP) is 1.32. The zero-order valence-electron chi connectivity index (χ0n) is 5.42. The third-order valence-corrected chi connectivity index (χ3v) is 1.26. The van der Waals surface area contributed by atoms with E-state index in [1.54, 1.807) is 0 Å². The van der Waals surface area contributed by atoms with E-state index in [0.717, 1.165) is 12.8 Å². The second-order valence-electron chi connectivity index (χ2n) is 2.09. The summed E-state index contributed by atoms with van der Waals surface area (Å²) in [5.41, 5.74) is 0. The van der Waals surface area contributed by atoms with Gasteiger partial charge in [-0.1, -0.05) is 13.3 Å². The largest absolute Gasteiger partial charge is 0.508 e. The normalized spacial score (nSPS) is 25.4.